The van der Waals surface area contributed by atoms with Gasteiger partial charge in [0.1, 0.15) is 0 Å². The monoisotopic (exact) mass is 440 g/mol. The molecule has 142 valence electrons. The van der Waals surface area contributed by atoms with Crippen molar-refractivity contribution in [2.75, 3.05) is 0 Å². The van der Waals surface area contributed by atoms with Gasteiger partial charge in [-0.05, 0) is 49.9 Å². The Labute approximate surface area is 173 Å². The number of hydrogen-bond donors (Lipinski definition) is 0. The maximum Gasteiger partial charge on any atom is 2.00 e. The summed E-state index contributed by atoms with van der Waals surface area (Å²) in [6.07, 6.45) is 7.96. The zero-order valence-corrected chi connectivity index (χ0v) is 17.8. The summed E-state index contributed by atoms with van der Waals surface area (Å²) >= 11 is 0. The summed E-state index contributed by atoms with van der Waals surface area (Å²) in [5.74, 6) is 1.00. The molecule has 0 bridgehead atoms. The molecule has 0 amide bonds. The van der Waals surface area contributed by atoms with Gasteiger partial charge in [-0.25, -0.2) is 0 Å². The molecule has 0 heterocycles. The second kappa shape index (κ2) is 11.9. The largest absolute Gasteiger partial charge is 2.00 e. The van der Waals surface area contributed by atoms with Gasteiger partial charge in [-0.1, -0.05) is 42.8 Å². The molecule has 0 radical (unpaired) electrons. The second-order valence-corrected chi connectivity index (χ2v) is 6.39. The van der Waals surface area contributed by atoms with E-state index in [1.807, 2.05) is 12.1 Å². The summed E-state index contributed by atoms with van der Waals surface area (Å²) < 4.78 is 0. The average Bonchev–Trinajstić information content (AvgIpc) is 3.01. The summed E-state index contributed by atoms with van der Waals surface area (Å²) in [5, 5.41) is 0. The van der Waals surface area contributed by atoms with E-state index in [0.717, 1.165) is 11.4 Å². The molecule has 0 aromatic heterocycles. The van der Waals surface area contributed by atoms with Gasteiger partial charge in [-0.15, -0.1) is 0 Å². The summed E-state index contributed by atoms with van der Waals surface area (Å²) in [4.78, 5) is 9.45. The summed E-state index contributed by atoms with van der Waals surface area (Å²) in [6.45, 7) is 4.22. The Balaban J connectivity index is 0.00000208. The first-order valence-electron chi connectivity index (χ1n) is 8.43. The van der Waals surface area contributed by atoms with E-state index in [2.05, 4.69) is 62.7 Å². The third-order valence-corrected chi connectivity index (χ3v) is 4.67. The molecule has 1 aliphatic carbocycles. The van der Waals surface area contributed by atoms with Crippen molar-refractivity contribution in [1.82, 2.24) is 0 Å². The van der Waals surface area contributed by atoms with Crippen molar-refractivity contribution in [2.45, 2.75) is 33.1 Å². The fourth-order valence-electron chi connectivity index (χ4n) is 3.16. The van der Waals surface area contributed by atoms with E-state index in [4.69, 9.17) is 9.98 Å². The minimum absolute atomic E-state index is 0. The maximum atomic E-state index is 4.72. The first kappa shape index (κ1) is 24.4. The molecule has 3 heteroatoms. The van der Waals surface area contributed by atoms with Gasteiger partial charge < -0.3 is 14.9 Å². The zero-order valence-electron chi connectivity index (χ0n) is 16.3. The molecule has 26 heavy (non-hydrogen) atoms. The van der Waals surface area contributed by atoms with E-state index in [0.29, 0.717) is 11.8 Å². The number of aliphatic imine (C=N–C) groups is 2. The van der Waals surface area contributed by atoms with Crippen molar-refractivity contribution >= 4 is 23.8 Å². The van der Waals surface area contributed by atoms with Crippen LogP contribution in [0, 0.1) is 40.5 Å². The molecule has 2 atom stereocenters. The molecule has 1 fully saturated rings. The number of nitrogens with zero attached hydrogens (tertiary/aromatic N) is 2. The molecule has 2 unspecified atom stereocenters. The molecule has 0 saturated heterocycles. The van der Waals surface area contributed by atoms with Crippen LogP contribution in [0.15, 0.2) is 58.5 Å². The normalized spacial score (nSPS) is 19.0. The average molecular weight is 441 g/mol. The van der Waals surface area contributed by atoms with E-state index < -0.39 is 0 Å². The standard InChI is InChI=1S/C21H24N2.2CH3.Pd/c1-16-8-3-5-12-20(16)22-14-18-10-7-11-19(18)15-23-21-13-6-4-9-17(21)2;;;/h3-6,8-9,12-15,18-19H,7,10-11H2,1-2H3;2*1H3;/q;2*-1;+2. The smallest absolute Gasteiger partial charge is 0.358 e. The van der Waals surface area contributed by atoms with Gasteiger partial charge in [-0.3, -0.25) is 9.98 Å². The molecule has 0 spiro atoms. The van der Waals surface area contributed by atoms with Crippen molar-refractivity contribution in [1.29, 1.82) is 0 Å². The minimum Gasteiger partial charge on any atom is -0.358 e. The second-order valence-electron chi connectivity index (χ2n) is 6.39. The van der Waals surface area contributed by atoms with Gasteiger partial charge in [0.25, 0.3) is 0 Å². The van der Waals surface area contributed by atoms with Gasteiger partial charge in [0, 0.05) is 24.3 Å². The Morgan fingerprint density at radius 3 is 1.50 bits per heavy atom. The first-order chi connectivity index (χ1) is 11.2. The molecule has 2 aromatic carbocycles. The van der Waals surface area contributed by atoms with E-state index >= 15 is 0 Å². The van der Waals surface area contributed by atoms with Crippen molar-refractivity contribution < 1.29 is 20.4 Å². The van der Waals surface area contributed by atoms with Crippen molar-refractivity contribution in [2.24, 2.45) is 21.8 Å². The van der Waals surface area contributed by atoms with Crippen molar-refractivity contribution in [3.8, 4) is 0 Å². The van der Waals surface area contributed by atoms with Crippen LogP contribution in [0.3, 0.4) is 0 Å². The third-order valence-electron chi connectivity index (χ3n) is 4.67. The van der Waals surface area contributed by atoms with Crippen LogP contribution in [0.4, 0.5) is 11.4 Å². The van der Waals surface area contributed by atoms with Crippen LogP contribution >= 0.6 is 0 Å². The molecule has 2 nitrogen and oxygen atoms in total. The Kier molecular flexibility index (Phi) is 11.2. The molecule has 0 aliphatic heterocycles. The fourth-order valence-corrected chi connectivity index (χ4v) is 3.16. The van der Waals surface area contributed by atoms with E-state index in [9.17, 15) is 0 Å². The number of aryl methyl sites for hydroxylation is 2. The SMILES string of the molecule is Cc1ccccc1N=CC1CCCC1C=Nc1ccccc1C.[CH3-].[CH3-].[Pd+2]. The summed E-state index contributed by atoms with van der Waals surface area (Å²) in [5.41, 5.74) is 4.61. The fraction of sp³-hybridized carbons (Fsp3) is 0.304. The molecular weight excluding hydrogens is 411 g/mol. The Hall–Kier alpha value is -1.56. The van der Waals surface area contributed by atoms with Crippen molar-refractivity contribution in [3.63, 3.8) is 0 Å². The summed E-state index contributed by atoms with van der Waals surface area (Å²) in [7, 11) is 0. The minimum atomic E-state index is 0. The van der Waals surface area contributed by atoms with Gasteiger partial charge in [-0.2, -0.15) is 0 Å². The van der Waals surface area contributed by atoms with Crippen LogP contribution in [0.25, 0.3) is 0 Å². The van der Waals surface area contributed by atoms with Gasteiger partial charge >= 0.3 is 20.4 Å². The maximum absolute atomic E-state index is 4.72. The van der Waals surface area contributed by atoms with Gasteiger partial charge in [0.2, 0.25) is 0 Å². The predicted molar refractivity (Wildman–Crippen MR) is 112 cm³/mol. The van der Waals surface area contributed by atoms with E-state index in [1.54, 1.807) is 0 Å². The van der Waals surface area contributed by atoms with Crippen LogP contribution < -0.4 is 0 Å². The number of para-hydroxylation sites is 2. The number of benzene rings is 2. The van der Waals surface area contributed by atoms with Crippen LogP contribution in [-0.2, 0) is 20.4 Å². The number of rotatable bonds is 4. The van der Waals surface area contributed by atoms with Gasteiger partial charge in [0.15, 0.2) is 0 Å². The topological polar surface area (TPSA) is 24.7 Å². The quantitative estimate of drug-likeness (QED) is 0.286. The Bertz CT molecular complexity index is 660. The van der Waals surface area contributed by atoms with Gasteiger partial charge in [0.05, 0.1) is 11.4 Å². The number of hydrogen-bond acceptors (Lipinski definition) is 2. The molecular formula is C23H30N2Pd. The van der Waals surface area contributed by atoms with Crippen LogP contribution in [0.2, 0.25) is 0 Å². The van der Waals surface area contributed by atoms with Crippen LogP contribution in [-0.4, -0.2) is 12.4 Å². The molecule has 2 aromatic rings. The molecule has 1 aliphatic rings. The van der Waals surface area contributed by atoms with Crippen LogP contribution in [0.1, 0.15) is 30.4 Å². The molecule has 0 N–H and O–H groups in total. The molecule has 1 saturated carbocycles. The molecule has 3 rings (SSSR count). The zero-order chi connectivity index (χ0) is 16.1. The van der Waals surface area contributed by atoms with E-state index in [-0.39, 0.29) is 35.3 Å². The van der Waals surface area contributed by atoms with Crippen molar-refractivity contribution in [3.05, 3.63) is 74.5 Å². The van der Waals surface area contributed by atoms with Crippen LogP contribution in [0.5, 0.6) is 0 Å². The van der Waals surface area contributed by atoms with E-state index in [1.165, 1.54) is 30.4 Å². The Morgan fingerprint density at radius 2 is 1.12 bits per heavy atom. The third kappa shape index (κ3) is 6.31. The summed E-state index contributed by atoms with van der Waals surface area (Å²) in [6, 6.07) is 16.6. The Morgan fingerprint density at radius 1 is 0.731 bits per heavy atom. The first-order valence-corrected chi connectivity index (χ1v) is 8.43. The predicted octanol–water partition coefficient (Wildman–Crippen LogP) is 6.72.